The lowest BCUT2D eigenvalue weighted by atomic mass is 10.0. The number of rotatable bonds is 7. The summed E-state index contributed by atoms with van der Waals surface area (Å²) in [6, 6.07) is 4.79. The maximum atomic E-state index is 10.4. The molecule has 0 amide bonds. The minimum atomic E-state index is -0.931. The molecule has 1 saturated heterocycles. The summed E-state index contributed by atoms with van der Waals surface area (Å²) in [6.45, 7) is 6.24. The Balaban J connectivity index is 1.97. The zero-order chi connectivity index (χ0) is 17.0. The Hall–Kier alpha value is -0.850. The van der Waals surface area contributed by atoms with Crippen LogP contribution in [0, 0.1) is 0 Å². The molecular formula is C17H27ClN2O3. The van der Waals surface area contributed by atoms with Gasteiger partial charge in [-0.05, 0) is 57.5 Å². The first-order valence-corrected chi connectivity index (χ1v) is 8.45. The van der Waals surface area contributed by atoms with Crippen molar-refractivity contribution in [1.82, 2.24) is 4.90 Å². The maximum Gasteiger partial charge on any atom is 0.138 e. The Morgan fingerprint density at radius 2 is 2.00 bits per heavy atom. The van der Waals surface area contributed by atoms with Gasteiger partial charge in [0, 0.05) is 12.6 Å². The predicted molar refractivity (Wildman–Crippen MR) is 91.9 cm³/mol. The van der Waals surface area contributed by atoms with Gasteiger partial charge in [-0.25, -0.2) is 0 Å². The van der Waals surface area contributed by atoms with Crippen molar-refractivity contribution in [3.63, 3.8) is 0 Å². The second-order valence-corrected chi connectivity index (χ2v) is 7.31. The van der Waals surface area contributed by atoms with E-state index in [-0.39, 0.29) is 12.6 Å². The lowest BCUT2D eigenvalue weighted by Crippen LogP contribution is -2.40. The number of hydrogen-bond acceptors (Lipinski definition) is 5. The standard InChI is InChI=1S/C17H27ClN2O3/c1-17(2,22)11-23-15-6-5-12(9-13(15)18)16(21)14(19)10-20-7-3-4-8-20/h5-6,9,14,16,21-22H,3-4,7-8,10-11,19H2,1-2H3. The highest BCUT2D eigenvalue weighted by Gasteiger charge is 2.23. The minimum absolute atomic E-state index is 0.142. The van der Waals surface area contributed by atoms with Crippen molar-refractivity contribution >= 4 is 11.6 Å². The molecule has 1 aliphatic heterocycles. The fourth-order valence-electron chi connectivity index (χ4n) is 2.68. The second kappa shape index (κ2) is 7.81. The monoisotopic (exact) mass is 342 g/mol. The third-order valence-corrected chi connectivity index (χ3v) is 4.25. The number of benzene rings is 1. The van der Waals surface area contributed by atoms with Gasteiger partial charge in [0.2, 0.25) is 0 Å². The van der Waals surface area contributed by atoms with Crippen LogP contribution in [0.15, 0.2) is 18.2 Å². The molecule has 23 heavy (non-hydrogen) atoms. The van der Waals surface area contributed by atoms with Crippen molar-refractivity contribution < 1.29 is 14.9 Å². The molecule has 1 aromatic carbocycles. The third-order valence-electron chi connectivity index (χ3n) is 3.95. The molecule has 0 aromatic heterocycles. The maximum absolute atomic E-state index is 10.4. The van der Waals surface area contributed by atoms with Gasteiger partial charge in [0.25, 0.3) is 0 Å². The molecular weight excluding hydrogens is 316 g/mol. The lowest BCUT2D eigenvalue weighted by Gasteiger charge is -2.25. The average molecular weight is 343 g/mol. The molecule has 4 N–H and O–H groups in total. The van der Waals surface area contributed by atoms with Gasteiger partial charge in [-0.2, -0.15) is 0 Å². The van der Waals surface area contributed by atoms with E-state index in [4.69, 9.17) is 22.1 Å². The highest BCUT2D eigenvalue weighted by Crippen LogP contribution is 2.29. The molecule has 1 aliphatic rings. The average Bonchev–Trinajstić information content (AvgIpc) is 2.97. The van der Waals surface area contributed by atoms with Gasteiger partial charge in [0.1, 0.15) is 12.4 Å². The lowest BCUT2D eigenvalue weighted by molar-refractivity contribution is 0.0285. The van der Waals surface area contributed by atoms with Gasteiger partial charge < -0.3 is 25.6 Å². The summed E-state index contributed by atoms with van der Waals surface area (Å²) in [5.41, 5.74) is 5.88. The van der Waals surface area contributed by atoms with Crippen LogP contribution in [0.25, 0.3) is 0 Å². The van der Waals surface area contributed by atoms with Crippen LogP contribution in [0.5, 0.6) is 5.75 Å². The minimum Gasteiger partial charge on any atom is -0.489 e. The topological polar surface area (TPSA) is 78.9 Å². The molecule has 5 nitrogen and oxygen atoms in total. The second-order valence-electron chi connectivity index (χ2n) is 6.91. The first-order valence-electron chi connectivity index (χ1n) is 8.07. The number of aliphatic hydroxyl groups excluding tert-OH is 1. The first-order chi connectivity index (χ1) is 10.8. The molecule has 0 saturated carbocycles. The van der Waals surface area contributed by atoms with Crippen molar-refractivity contribution in [3.05, 3.63) is 28.8 Å². The van der Waals surface area contributed by atoms with E-state index in [1.165, 1.54) is 12.8 Å². The van der Waals surface area contributed by atoms with Gasteiger partial charge in [-0.1, -0.05) is 17.7 Å². The van der Waals surface area contributed by atoms with Crippen molar-refractivity contribution in [2.45, 2.75) is 44.4 Å². The van der Waals surface area contributed by atoms with Crippen LogP contribution in [0.1, 0.15) is 38.4 Å². The quantitative estimate of drug-likeness (QED) is 0.706. The van der Waals surface area contributed by atoms with Crippen molar-refractivity contribution in [2.75, 3.05) is 26.2 Å². The Morgan fingerprint density at radius 3 is 2.57 bits per heavy atom. The summed E-state index contributed by atoms with van der Waals surface area (Å²) in [4.78, 5) is 2.27. The Kier molecular flexibility index (Phi) is 6.28. The van der Waals surface area contributed by atoms with Crippen molar-refractivity contribution in [3.8, 4) is 5.75 Å². The van der Waals surface area contributed by atoms with Gasteiger partial charge in [0.15, 0.2) is 0 Å². The Morgan fingerprint density at radius 1 is 1.35 bits per heavy atom. The fourth-order valence-corrected chi connectivity index (χ4v) is 2.93. The van der Waals surface area contributed by atoms with Crippen LogP contribution in [-0.2, 0) is 0 Å². The number of nitrogens with two attached hydrogens (primary N) is 1. The normalized spacial score (nSPS) is 18.9. The summed E-state index contributed by atoms with van der Waals surface area (Å²) < 4.78 is 5.50. The van der Waals surface area contributed by atoms with Gasteiger partial charge >= 0.3 is 0 Å². The van der Waals surface area contributed by atoms with Crippen LogP contribution in [0.4, 0.5) is 0 Å². The summed E-state index contributed by atoms with van der Waals surface area (Å²) in [6.07, 6.45) is 1.63. The highest BCUT2D eigenvalue weighted by atomic mass is 35.5. The molecule has 1 heterocycles. The summed E-state index contributed by atoms with van der Waals surface area (Å²) in [7, 11) is 0. The summed E-state index contributed by atoms with van der Waals surface area (Å²) in [5.74, 6) is 0.484. The van der Waals surface area contributed by atoms with Crippen LogP contribution in [0.2, 0.25) is 5.02 Å². The number of hydrogen-bond donors (Lipinski definition) is 3. The summed E-state index contributed by atoms with van der Waals surface area (Å²) >= 11 is 6.21. The largest absolute Gasteiger partial charge is 0.489 e. The van der Waals surface area contributed by atoms with Gasteiger partial charge in [0.05, 0.1) is 16.7 Å². The van der Waals surface area contributed by atoms with Crippen molar-refractivity contribution in [2.24, 2.45) is 5.73 Å². The van der Waals surface area contributed by atoms with Crippen LogP contribution >= 0.6 is 11.6 Å². The number of likely N-dealkylation sites (tertiary alicyclic amines) is 1. The smallest absolute Gasteiger partial charge is 0.138 e. The van der Waals surface area contributed by atoms with E-state index in [0.717, 1.165) is 13.1 Å². The van der Waals surface area contributed by atoms with E-state index in [2.05, 4.69) is 4.90 Å². The SMILES string of the molecule is CC(C)(O)COc1ccc(C(O)C(N)CN2CCCC2)cc1Cl. The molecule has 1 fully saturated rings. The zero-order valence-electron chi connectivity index (χ0n) is 13.8. The third kappa shape index (κ3) is 5.62. The summed E-state index contributed by atoms with van der Waals surface area (Å²) in [5, 5.41) is 20.5. The predicted octanol–water partition coefficient (Wildman–Crippen LogP) is 1.95. The highest BCUT2D eigenvalue weighted by molar-refractivity contribution is 6.32. The molecule has 1 aromatic rings. The molecule has 6 heteroatoms. The number of ether oxygens (including phenoxy) is 1. The van der Waals surface area contributed by atoms with Crippen LogP contribution < -0.4 is 10.5 Å². The van der Waals surface area contributed by atoms with E-state index < -0.39 is 11.7 Å². The molecule has 2 unspecified atom stereocenters. The number of halogens is 1. The Bertz CT molecular complexity index is 513. The molecule has 2 atom stereocenters. The van der Waals surface area contributed by atoms with Gasteiger partial charge in [-0.15, -0.1) is 0 Å². The molecule has 0 aliphatic carbocycles. The first kappa shape index (κ1) is 18.5. The van der Waals surface area contributed by atoms with Gasteiger partial charge in [-0.3, -0.25) is 0 Å². The van der Waals surface area contributed by atoms with Crippen molar-refractivity contribution in [1.29, 1.82) is 0 Å². The fraction of sp³-hybridized carbons (Fsp3) is 0.647. The van der Waals surface area contributed by atoms with E-state index in [9.17, 15) is 10.2 Å². The van der Waals surface area contributed by atoms with Crippen LogP contribution in [-0.4, -0.2) is 53.0 Å². The van der Waals surface area contributed by atoms with E-state index in [1.54, 1.807) is 32.0 Å². The molecule has 0 radical (unpaired) electrons. The molecule has 130 valence electrons. The number of nitrogens with zero attached hydrogens (tertiary/aromatic N) is 1. The van der Waals surface area contributed by atoms with E-state index in [0.29, 0.717) is 22.9 Å². The molecule has 0 spiro atoms. The van der Waals surface area contributed by atoms with E-state index in [1.807, 2.05) is 0 Å². The van der Waals surface area contributed by atoms with E-state index >= 15 is 0 Å². The Labute approximate surface area is 143 Å². The zero-order valence-corrected chi connectivity index (χ0v) is 14.6. The number of aliphatic hydroxyl groups is 2. The molecule has 0 bridgehead atoms. The molecule has 2 rings (SSSR count). The van der Waals surface area contributed by atoms with Crippen LogP contribution in [0.3, 0.4) is 0 Å².